The first kappa shape index (κ1) is 34.7. The summed E-state index contributed by atoms with van der Waals surface area (Å²) in [5, 5.41) is 6.18. The molecule has 2 fully saturated rings. The highest BCUT2D eigenvalue weighted by atomic mass is 19.1. The van der Waals surface area contributed by atoms with E-state index in [0.717, 1.165) is 31.7 Å². The number of aldehydes is 1. The van der Waals surface area contributed by atoms with Gasteiger partial charge in [0.25, 0.3) is 0 Å². The first-order valence-electron chi connectivity index (χ1n) is 14.1. The van der Waals surface area contributed by atoms with Crippen molar-refractivity contribution in [3.05, 3.63) is 46.5 Å². The molecule has 210 valence electrons. The van der Waals surface area contributed by atoms with Gasteiger partial charge in [0.05, 0.1) is 5.57 Å². The van der Waals surface area contributed by atoms with E-state index in [9.17, 15) is 18.4 Å². The lowest BCUT2D eigenvalue weighted by Crippen LogP contribution is -2.36. The molecule has 0 radical (unpaired) electrons. The summed E-state index contributed by atoms with van der Waals surface area (Å²) in [5.74, 6) is -1.68. The third-order valence-electron chi connectivity index (χ3n) is 6.54. The molecule has 0 aromatic heterocycles. The molecule has 0 heterocycles. The van der Waals surface area contributed by atoms with E-state index in [0.29, 0.717) is 6.29 Å². The molecular formula is C31H50F2N2O2. The monoisotopic (exact) mass is 520 g/mol. The van der Waals surface area contributed by atoms with Crippen LogP contribution >= 0.6 is 0 Å². The van der Waals surface area contributed by atoms with Crippen molar-refractivity contribution in [3.8, 4) is 0 Å². The lowest BCUT2D eigenvalue weighted by molar-refractivity contribution is -0.118. The molecule has 0 aliphatic heterocycles. The van der Waals surface area contributed by atoms with Gasteiger partial charge in [-0.2, -0.15) is 0 Å². The van der Waals surface area contributed by atoms with Crippen LogP contribution in [0.25, 0.3) is 11.7 Å². The molecule has 0 unspecified atom stereocenters. The van der Waals surface area contributed by atoms with Crippen molar-refractivity contribution < 1.29 is 18.4 Å². The Balaban J connectivity index is 0.000000900. The Morgan fingerprint density at radius 1 is 0.757 bits per heavy atom. The number of allylic oxidation sites excluding steroid dienone is 1. The number of carbonyl (C=O) groups excluding carboxylic acids is 2. The Labute approximate surface area is 224 Å². The Bertz CT molecular complexity index is 835. The average Bonchev–Trinajstić information content (AvgIpc) is 2.99. The van der Waals surface area contributed by atoms with Crippen LogP contribution in [0.3, 0.4) is 0 Å². The Hall–Kier alpha value is -2.34. The summed E-state index contributed by atoms with van der Waals surface area (Å²) in [4.78, 5) is 22.8. The number of halogens is 2. The lowest BCUT2D eigenvalue weighted by Gasteiger charge is -2.23. The van der Waals surface area contributed by atoms with Crippen molar-refractivity contribution in [2.24, 2.45) is 0 Å². The van der Waals surface area contributed by atoms with E-state index in [1.54, 1.807) is 0 Å². The summed E-state index contributed by atoms with van der Waals surface area (Å²) in [6.07, 6.45) is 12.8. The average molecular weight is 521 g/mol. The molecule has 1 aromatic rings. The summed E-state index contributed by atoms with van der Waals surface area (Å²) in [6.45, 7) is 10.8. The maximum Gasteiger partial charge on any atom is 0.250 e. The predicted octanol–water partition coefficient (Wildman–Crippen LogP) is 8.33. The maximum absolute atomic E-state index is 14.5. The topological polar surface area (TPSA) is 58.2 Å². The van der Waals surface area contributed by atoms with E-state index in [4.69, 9.17) is 0 Å². The van der Waals surface area contributed by atoms with E-state index in [2.05, 4.69) is 17.7 Å². The molecule has 2 aliphatic carbocycles. The fourth-order valence-corrected chi connectivity index (χ4v) is 4.29. The minimum atomic E-state index is -0.641. The van der Waals surface area contributed by atoms with Crippen molar-refractivity contribution in [2.45, 2.75) is 118 Å². The molecule has 0 saturated heterocycles. The van der Waals surface area contributed by atoms with E-state index in [-0.39, 0.29) is 28.3 Å². The molecule has 3 rings (SSSR count). The molecule has 1 aromatic carbocycles. The fraction of sp³-hybridized carbons (Fsp3) is 0.613. The maximum atomic E-state index is 14.5. The first-order valence-corrected chi connectivity index (χ1v) is 14.1. The molecule has 0 atom stereocenters. The van der Waals surface area contributed by atoms with Crippen LogP contribution in [-0.4, -0.2) is 31.3 Å². The minimum absolute atomic E-state index is 0.0124. The highest BCUT2D eigenvalue weighted by Gasteiger charge is 2.19. The molecule has 37 heavy (non-hydrogen) atoms. The molecular weight excluding hydrogens is 470 g/mol. The fourth-order valence-electron chi connectivity index (χ4n) is 4.29. The largest absolute Gasteiger partial charge is 0.350 e. The van der Waals surface area contributed by atoms with Gasteiger partial charge in [0.1, 0.15) is 17.9 Å². The van der Waals surface area contributed by atoms with Crippen LogP contribution in [-0.2, 0) is 9.59 Å². The molecule has 0 bridgehead atoms. The van der Waals surface area contributed by atoms with Gasteiger partial charge in [-0.05, 0) is 46.6 Å². The van der Waals surface area contributed by atoms with Crippen molar-refractivity contribution in [1.82, 2.24) is 10.6 Å². The summed E-state index contributed by atoms with van der Waals surface area (Å²) in [7, 11) is 2.07. The SMILES string of the molecule is C/C(C=O)=C(/F)c1ccc(/C(F)=C(\C)C(=O)NC2CCCCC2)cc1.CC.CC.CNC1CCCCC1. The Morgan fingerprint density at radius 3 is 1.54 bits per heavy atom. The summed E-state index contributed by atoms with van der Waals surface area (Å²) in [5.41, 5.74) is 0.396. The molecule has 0 spiro atoms. The second kappa shape index (κ2) is 20.7. The molecule has 4 nitrogen and oxygen atoms in total. The summed E-state index contributed by atoms with van der Waals surface area (Å²) < 4.78 is 28.4. The van der Waals surface area contributed by atoms with Crippen molar-refractivity contribution in [3.63, 3.8) is 0 Å². The second-order valence-corrected chi connectivity index (χ2v) is 9.06. The Kier molecular flexibility index (Phi) is 19.4. The van der Waals surface area contributed by atoms with Gasteiger partial charge in [-0.15, -0.1) is 0 Å². The summed E-state index contributed by atoms with van der Waals surface area (Å²) in [6, 6.07) is 6.53. The third-order valence-corrected chi connectivity index (χ3v) is 6.54. The van der Waals surface area contributed by atoms with E-state index < -0.39 is 17.6 Å². The van der Waals surface area contributed by atoms with Crippen LogP contribution in [0, 0.1) is 0 Å². The number of carbonyl (C=O) groups is 2. The van der Waals surface area contributed by atoms with Gasteiger partial charge in [-0.3, -0.25) is 9.59 Å². The molecule has 2 saturated carbocycles. The molecule has 2 aliphatic rings. The zero-order chi connectivity index (χ0) is 28.2. The van der Waals surface area contributed by atoms with Crippen molar-refractivity contribution in [2.75, 3.05) is 7.05 Å². The zero-order valence-corrected chi connectivity index (χ0v) is 24.2. The van der Waals surface area contributed by atoms with Crippen molar-refractivity contribution in [1.29, 1.82) is 0 Å². The van der Waals surface area contributed by atoms with Crippen LogP contribution in [0.15, 0.2) is 35.4 Å². The van der Waals surface area contributed by atoms with E-state index in [1.807, 2.05) is 27.7 Å². The standard InChI is InChI=1S/C20H23F2NO2.C7H15N.2C2H6/c1-13(12-24)18(21)15-8-10-16(11-9-15)19(22)14(2)20(25)23-17-6-4-3-5-7-17;1-8-7-5-3-2-4-6-7;2*1-2/h8-12,17H,3-7H2,1-2H3,(H,23,25);7-8H,2-6H2,1H3;2*1-2H3/b18-13-,19-14-;;;. The van der Waals surface area contributed by atoms with Gasteiger partial charge in [0.2, 0.25) is 5.91 Å². The van der Waals surface area contributed by atoms with Crippen LogP contribution < -0.4 is 10.6 Å². The third kappa shape index (κ3) is 12.6. The number of hydrogen-bond donors (Lipinski definition) is 2. The van der Waals surface area contributed by atoms with Crippen LogP contribution in [0.2, 0.25) is 0 Å². The first-order chi connectivity index (χ1) is 17.9. The lowest BCUT2D eigenvalue weighted by atomic mass is 9.95. The van der Waals surface area contributed by atoms with Gasteiger partial charge in [0.15, 0.2) is 0 Å². The molecule has 1 amide bonds. The number of nitrogens with one attached hydrogen (secondary N) is 2. The van der Waals surface area contributed by atoms with Gasteiger partial charge in [-0.25, -0.2) is 8.78 Å². The molecule has 6 heteroatoms. The smallest absolute Gasteiger partial charge is 0.250 e. The number of hydrogen-bond acceptors (Lipinski definition) is 3. The zero-order valence-electron chi connectivity index (χ0n) is 24.2. The van der Waals surface area contributed by atoms with Gasteiger partial charge < -0.3 is 10.6 Å². The van der Waals surface area contributed by atoms with Gasteiger partial charge >= 0.3 is 0 Å². The van der Waals surface area contributed by atoms with Crippen molar-refractivity contribution >= 4 is 23.8 Å². The predicted molar refractivity (Wildman–Crippen MR) is 154 cm³/mol. The quantitative estimate of drug-likeness (QED) is 0.293. The van der Waals surface area contributed by atoms with Crippen LogP contribution in [0.1, 0.15) is 117 Å². The highest BCUT2D eigenvalue weighted by Crippen LogP contribution is 2.25. The number of amides is 1. The van der Waals surface area contributed by atoms with Gasteiger partial charge in [-0.1, -0.05) is 90.5 Å². The number of rotatable bonds is 6. The summed E-state index contributed by atoms with van der Waals surface area (Å²) >= 11 is 0. The van der Waals surface area contributed by atoms with E-state index in [1.165, 1.54) is 76.6 Å². The normalized spacial score (nSPS) is 17.2. The highest BCUT2D eigenvalue weighted by molar-refractivity contribution is 5.99. The van der Waals surface area contributed by atoms with Gasteiger partial charge in [0, 0.05) is 28.8 Å². The van der Waals surface area contributed by atoms with E-state index >= 15 is 0 Å². The second-order valence-electron chi connectivity index (χ2n) is 9.06. The number of benzene rings is 1. The van der Waals surface area contributed by atoms with Crippen LogP contribution in [0.4, 0.5) is 8.78 Å². The Morgan fingerprint density at radius 2 is 1.16 bits per heavy atom. The minimum Gasteiger partial charge on any atom is -0.350 e. The van der Waals surface area contributed by atoms with Crippen LogP contribution in [0.5, 0.6) is 0 Å². The molecule has 2 N–H and O–H groups in total.